The van der Waals surface area contributed by atoms with Crippen LogP contribution < -0.4 is 10.2 Å². The molecule has 0 aromatic carbocycles. The SMILES string of the molecule is CCC(C)(C)NC(=O)[C@H](C)N1CCCN(c2nc(C)cs2)CC1. The van der Waals surface area contributed by atoms with Crippen LogP contribution in [0.3, 0.4) is 0 Å². The van der Waals surface area contributed by atoms with Crippen molar-refractivity contribution in [3.8, 4) is 0 Å². The molecule has 0 spiro atoms. The summed E-state index contributed by atoms with van der Waals surface area (Å²) in [6.45, 7) is 14.1. The third-order valence-electron chi connectivity index (χ3n) is 4.68. The first-order valence-corrected chi connectivity index (χ1v) is 9.43. The molecule has 1 saturated heterocycles. The number of aryl methyl sites for hydroxylation is 1. The number of thiazole rings is 1. The van der Waals surface area contributed by atoms with Crippen LogP contribution in [-0.2, 0) is 4.79 Å². The molecule has 2 rings (SSSR count). The van der Waals surface area contributed by atoms with Crippen molar-refractivity contribution < 1.29 is 4.79 Å². The van der Waals surface area contributed by atoms with Crippen molar-refractivity contribution in [2.75, 3.05) is 31.1 Å². The van der Waals surface area contributed by atoms with Crippen molar-refractivity contribution >= 4 is 22.4 Å². The monoisotopic (exact) mass is 338 g/mol. The topological polar surface area (TPSA) is 48.5 Å². The van der Waals surface area contributed by atoms with Gasteiger partial charge in [-0.15, -0.1) is 11.3 Å². The normalized spacial score (nSPS) is 18.6. The van der Waals surface area contributed by atoms with E-state index in [9.17, 15) is 4.79 Å². The zero-order valence-corrected chi connectivity index (χ0v) is 15.9. The van der Waals surface area contributed by atoms with Crippen LogP contribution in [0.15, 0.2) is 5.38 Å². The fourth-order valence-corrected chi connectivity index (χ4v) is 3.55. The summed E-state index contributed by atoms with van der Waals surface area (Å²) in [5.74, 6) is 0.135. The van der Waals surface area contributed by atoms with Gasteiger partial charge in [-0.05, 0) is 40.5 Å². The molecule has 1 aliphatic heterocycles. The van der Waals surface area contributed by atoms with Crippen molar-refractivity contribution in [3.63, 3.8) is 0 Å². The first-order valence-electron chi connectivity index (χ1n) is 8.55. The van der Waals surface area contributed by atoms with Crippen LogP contribution in [0.5, 0.6) is 0 Å². The Bertz CT molecular complexity index is 528. The highest BCUT2D eigenvalue weighted by molar-refractivity contribution is 7.13. The first-order chi connectivity index (χ1) is 10.8. The molecule has 0 bridgehead atoms. The van der Waals surface area contributed by atoms with E-state index in [1.165, 1.54) is 0 Å². The van der Waals surface area contributed by atoms with E-state index in [1.807, 2.05) is 13.8 Å². The number of amides is 1. The highest BCUT2D eigenvalue weighted by Gasteiger charge is 2.27. The van der Waals surface area contributed by atoms with Gasteiger partial charge in [-0.3, -0.25) is 9.69 Å². The van der Waals surface area contributed by atoms with Crippen molar-refractivity contribution in [1.29, 1.82) is 0 Å². The second-order valence-electron chi connectivity index (χ2n) is 7.05. The third kappa shape index (κ3) is 4.91. The number of aromatic nitrogens is 1. The molecule has 1 fully saturated rings. The second-order valence-corrected chi connectivity index (χ2v) is 7.89. The lowest BCUT2D eigenvalue weighted by Gasteiger charge is -2.31. The molecule has 2 heterocycles. The molecule has 1 atom stereocenters. The maximum Gasteiger partial charge on any atom is 0.237 e. The quantitative estimate of drug-likeness (QED) is 0.897. The molecule has 1 aliphatic rings. The summed E-state index contributed by atoms with van der Waals surface area (Å²) in [4.78, 5) is 21.7. The molecule has 1 N–H and O–H groups in total. The molecule has 1 aromatic heterocycles. The average Bonchev–Trinajstić information content (AvgIpc) is 2.79. The van der Waals surface area contributed by atoms with Gasteiger partial charge in [0.1, 0.15) is 0 Å². The van der Waals surface area contributed by atoms with E-state index in [0.29, 0.717) is 0 Å². The van der Waals surface area contributed by atoms with Crippen molar-refractivity contribution in [2.45, 2.75) is 59.0 Å². The molecular weight excluding hydrogens is 308 g/mol. The van der Waals surface area contributed by atoms with E-state index < -0.39 is 0 Å². The van der Waals surface area contributed by atoms with Crippen LogP contribution in [0.2, 0.25) is 0 Å². The Morgan fingerprint density at radius 1 is 1.39 bits per heavy atom. The Morgan fingerprint density at radius 2 is 2.13 bits per heavy atom. The minimum absolute atomic E-state index is 0.0844. The molecule has 0 saturated carbocycles. The molecule has 1 aromatic rings. The number of carbonyl (C=O) groups is 1. The number of nitrogens with one attached hydrogen (secondary N) is 1. The van der Waals surface area contributed by atoms with E-state index >= 15 is 0 Å². The predicted octanol–water partition coefficient (Wildman–Crippen LogP) is 2.66. The number of hydrogen-bond acceptors (Lipinski definition) is 5. The van der Waals surface area contributed by atoms with Crippen molar-refractivity contribution in [3.05, 3.63) is 11.1 Å². The average molecular weight is 339 g/mol. The highest BCUT2D eigenvalue weighted by atomic mass is 32.1. The Morgan fingerprint density at radius 3 is 2.74 bits per heavy atom. The van der Waals surface area contributed by atoms with Crippen LogP contribution >= 0.6 is 11.3 Å². The zero-order valence-electron chi connectivity index (χ0n) is 15.1. The molecular formula is C17H30N4OS. The molecule has 0 aliphatic carbocycles. The molecule has 0 radical (unpaired) electrons. The smallest absolute Gasteiger partial charge is 0.237 e. The molecule has 130 valence electrons. The van der Waals surface area contributed by atoms with Crippen molar-refractivity contribution in [2.24, 2.45) is 0 Å². The van der Waals surface area contributed by atoms with Gasteiger partial charge in [-0.2, -0.15) is 0 Å². The van der Waals surface area contributed by atoms with E-state index in [0.717, 1.165) is 49.8 Å². The molecule has 5 nitrogen and oxygen atoms in total. The summed E-state index contributed by atoms with van der Waals surface area (Å²) in [6, 6.07) is -0.0844. The zero-order chi connectivity index (χ0) is 17.0. The number of hydrogen-bond donors (Lipinski definition) is 1. The second kappa shape index (κ2) is 7.62. The highest BCUT2D eigenvalue weighted by Crippen LogP contribution is 2.22. The first kappa shape index (κ1) is 18.2. The summed E-state index contributed by atoms with van der Waals surface area (Å²) in [5, 5.41) is 6.37. The maximum atomic E-state index is 12.5. The summed E-state index contributed by atoms with van der Waals surface area (Å²) in [6.07, 6.45) is 2.00. The molecule has 1 amide bonds. The lowest BCUT2D eigenvalue weighted by atomic mass is 10.0. The van der Waals surface area contributed by atoms with E-state index in [2.05, 4.69) is 46.3 Å². The Hall–Kier alpha value is -1.14. The van der Waals surface area contributed by atoms with Gasteiger partial charge in [0, 0.05) is 37.1 Å². The van der Waals surface area contributed by atoms with E-state index in [4.69, 9.17) is 0 Å². The van der Waals surface area contributed by atoms with Gasteiger partial charge in [0.2, 0.25) is 5.91 Å². The summed E-state index contributed by atoms with van der Waals surface area (Å²) in [5.41, 5.74) is 0.947. The van der Waals surface area contributed by atoms with E-state index in [-0.39, 0.29) is 17.5 Å². The van der Waals surface area contributed by atoms with Gasteiger partial charge >= 0.3 is 0 Å². The fraction of sp³-hybridized carbons (Fsp3) is 0.765. The van der Waals surface area contributed by atoms with Gasteiger partial charge in [-0.1, -0.05) is 6.92 Å². The van der Waals surface area contributed by atoms with Crippen LogP contribution in [0.25, 0.3) is 0 Å². The summed E-state index contributed by atoms with van der Waals surface area (Å²) >= 11 is 1.71. The van der Waals surface area contributed by atoms with Crippen molar-refractivity contribution in [1.82, 2.24) is 15.2 Å². The molecule has 23 heavy (non-hydrogen) atoms. The summed E-state index contributed by atoms with van der Waals surface area (Å²) in [7, 11) is 0. The van der Waals surface area contributed by atoms with Crippen LogP contribution in [-0.4, -0.2) is 53.6 Å². The Labute approximate surface area is 144 Å². The largest absolute Gasteiger partial charge is 0.350 e. The van der Waals surface area contributed by atoms with Gasteiger partial charge in [0.25, 0.3) is 0 Å². The van der Waals surface area contributed by atoms with Crippen LogP contribution in [0.1, 0.15) is 46.2 Å². The maximum absolute atomic E-state index is 12.5. The Balaban J connectivity index is 1.93. The van der Waals surface area contributed by atoms with Gasteiger partial charge in [0.05, 0.1) is 11.7 Å². The summed E-state index contributed by atoms with van der Waals surface area (Å²) < 4.78 is 0. The molecule has 0 unspecified atom stereocenters. The Kier molecular flexibility index (Phi) is 6.03. The third-order valence-corrected chi connectivity index (χ3v) is 5.70. The number of carbonyl (C=O) groups excluding carboxylic acids is 1. The number of rotatable bonds is 5. The standard InChI is InChI=1S/C17H30N4OS/c1-6-17(4,5)19-15(22)14(3)20-8-7-9-21(11-10-20)16-18-13(2)12-23-16/h12,14H,6-11H2,1-5H3,(H,19,22)/t14-/m0/s1. The minimum Gasteiger partial charge on any atom is -0.350 e. The van der Waals surface area contributed by atoms with E-state index in [1.54, 1.807) is 11.3 Å². The minimum atomic E-state index is -0.137. The van der Waals surface area contributed by atoms with Crippen LogP contribution in [0, 0.1) is 6.92 Å². The van der Waals surface area contributed by atoms with Gasteiger partial charge in [0.15, 0.2) is 5.13 Å². The fourth-order valence-electron chi connectivity index (χ4n) is 2.69. The van der Waals surface area contributed by atoms with Gasteiger partial charge in [-0.25, -0.2) is 4.98 Å². The van der Waals surface area contributed by atoms with Crippen LogP contribution in [0.4, 0.5) is 5.13 Å². The van der Waals surface area contributed by atoms with Gasteiger partial charge < -0.3 is 10.2 Å². The molecule has 6 heteroatoms. The number of nitrogens with zero attached hydrogens (tertiary/aromatic N) is 3. The predicted molar refractivity (Wildman–Crippen MR) is 97.2 cm³/mol. The lowest BCUT2D eigenvalue weighted by Crippen LogP contribution is -2.52. The number of anilines is 1. The lowest BCUT2D eigenvalue weighted by molar-refractivity contribution is -0.127.